The number of carbonyl (C=O) groups is 1. The smallest absolute Gasteiger partial charge is 0.280 e. The minimum absolute atomic E-state index is 0.221. The molecule has 6 heteroatoms. The van der Waals surface area contributed by atoms with Crippen molar-refractivity contribution in [3.63, 3.8) is 0 Å². The third kappa shape index (κ3) is 2.96. The zero-order chi connectivity index (χ0) is 16.6. The number of rotatable bonds is 2. The molecule has 2 aromatic carbocycles. The van der Waals surface area contributed by atoms with Crippen molar-refractivity contribution in [2.45, 2.75) is 11.8 Å². The van der Waals surface area contributed by atoms with Crippen molar-refractivity contribution in [1.82, 2.24) is 4.57 Å². The van der Waals surface area contributed by atoms with E-state index in [9.17, 15) is 4.79 Å². The molecule has 1 amide bonds. The summed E-state index contributed by atoms with van der Waals surface area (Å²) in [5.41, 5.74) is 2.65. The fraction of sp³-hybridized carbons (Fsp3) is 0.176. The van der Waals surface area contributed by atoms with Crippen LogP contribution in [0.4, 0.5) is 0 Å². The summed E-state index contributed by atoms with van der Waals surface area (Å²) in [7, 11) is 1.91. The van der Waals surface area contributed by atoms with E-state index in [0.29, 0.717) is 10.4 Å². The summed E-state index contributed by atoms with van der Waals surface area (Å²) in [5, 5.41) is 0.719. The molecule has 0 radical (unpaired) electrons. The molecule has 1 heterocycles. The Morgan fingerprint density at radius 2 is 2.00 bits per heavy atom. The van der Waals surface area contributed by atoms with Gasteiger partial charge in [-0.05, 0) is 43.0 Å². The largest absolute Gasteiger partial charge is 0.319 e. The first-order valence-corrected chi connectivity index (χ1v) is 9.41. The number of halogens is 1. The molecule has 1 aromatic heterocycles. The molecule has 0 aliphatic heterocycles. The second-order valence-corrected chi connectivity index (χ2v) is 7.34. The minimum Gasteiger partial charge on any atom is -0.319 e. The molecule has 3 nitrogen and oxygen atoms in total. The number of carbonyl (C=O) groups excluding carboxylic acids is 1. The molecule has 118 valence electrons. The highest BCUT2D eigenvalue weighted by Gasteiger charge is 2.12. The number of nitrogens with zero attached hydrogens (tertiary/aromatic N) is 2. The Kier molecular flexibility index (Phi) is 4.62. The highest BCUT2D eigenvalue weighted by atomic mass is 35.5. The summed E-state index contributed by atoms with van der Waals surface area (Å²) in [4.78, 5) is 18.5. The van der Waals surface area contributed by atoms with Gasteiger partial charge in [0.25, 0.3) is 5.91 Å². The molecule has 0 aliphatic carbocycles. The first-order chi connectivity index (χ1) is 11.0. The highest BCUT2D eigenvalue weighted by molar-refractivity contribution is 7.98. The zero-order valence-corrected chi connectivity index (χ0v) is 15.4. The van der Waals surface area contributed by atoms with Crippen LogP contribution in [0.3, 0.4) is 0 Å². The summed E-state index contributed by atoms with van der Waals surface area (Å²) < 4.78 is 3.00. The predicted octanol–water partition coefficient (Wildman–Crippen LogP) is 4.66. The Bertz CT molecular complexity index is 972. The van der Waals surface area contributed by atoms with E-state index in [2.05, 4.69) is 4.99 Å². The molecule has 0 unspecified atom stereocenters. The third-order valence-corrected chi connectivity index (χ3v) is 5.99. The van der Waals surface area contributed by atoms with Crippen LogP contribution < -0.4 is 4.80 Å². The number of thioether (sulfide) groups is 1. The average molecular weight is 363 g/mol. The summed E-state index contributed by atoms with van der Waals surface area (Å²) >= 11 is 9.24. The summed E-state index contributed by atoms with van der Waals surface area (Å²) in [6.07, 6.45) is 1.96. The second kappa shape index (κ2) is 6.51. The molecule has 0 aliphatic rings. The van der Waals surface area contributed by atoms with Crippen LogP contribution in [0.1, 0.15) is 15.9 Å². The first kappa shape index (κ1) is 16.3. The number of aromatic nitrogens is 1. The maximum absolute atomic E-state index is 12.6. The van der Waals surface area contributed by atoms with E-state index in [-0.39, 0.29) is 5.91 Å². The highest BCUT2D eigenvalue weighted by Crippen LogP contribution is 2.26. The fourth-order valence-corrected chi connectivity index (χ4v) is 4.30. The standard InChI is InChI=1S/C17H15ClN2OS2/c1-10-12(18)8-9-14-15(10)20(2)17(23-14)19-16(21)11-6-4-5-7-13(11)22-3/h4-9H,1-3H3. The second-order valence-electron chi connectivity index (χ2n) is 5.08. The number of hydrogen-bond donors (Lipinski definition) is 0. The average Bonchev–Trinajstić information content (AvgIpc) is 2.87. The normalized spacial score (nSPS) is 12.1. The quantitative estimate of drug-likeness (QED) is 0.621. The molecule has 3 aromatic rings. The predicted molar refractivity (Wildman–Crippen MR) is 98.7 cm³/mol. The van der Waals surface area contributed by atoms with Gasteiger partial charge in [0.2, 0.25) is 0 Å². The Morgan fingerprint density at radius 1 is 1.26 bits per heavy atom. The lowest BCUT2D eigenvalue weighted by Crippen LogP contribution is -2.14. The van der Waals surface area contributed by atoms with Gasteiger partial charge < -0.3 is 4.57 Å². The maximum atomic E-state index is 12.6. The van der Waals surface area contributed by atoms with Gasteiger partial charge >= 0.3 is 0 Å². The lowest BCUT2D eigenvalue weighted by Gasteiger charge is -2.03. The molecule has 23 heavy (non-hydrogen) atoms. The Labute approximate surface area is 147 Å². The van der Waals surface area contributed by atoms with Gasteiger partial charge in [0.15, 0.2) is 4.80 Å². The molecule has 0 spiro atoms. The summed E-state index contributed by atoms with van der Waals surface area (Å²) in [6, 6.07) is 11.4. The number of hydrogen-bond acceptors (Lipinski definition) is 3. The fourth-order valence-electron chi connectivity index (χ4n) is 2.48. The number of fused-ring (bicyclic) bond motifs is 1. The molecular formula is C17H15ClN2OS2. The van der Waals surface area contributed by atoms with Crippen LogP contribution in [-0.2, 0) is 7.05 Å². The van der Waals surface area contributed by atoms with Crippen LogP contribution in [0.5, 0.6) is 0 Å². The van der Waals surface area contributed by atoms with Crippen LogP contribution in [0.2, 0.25) is 5.02 Å². The van der Waals surface area contributed by atoms with E-state index in [0.717, 1.165) is 25.7 Å². The number of amides is 1. The number of thiazole rings is 1. The van der Waals surface area contributed by atoms with E-state index in [1.165, 1.54) is 11.3 Å². The van der Waals surface area contributed by atoms with Crippen molar-refractivity contribution in [3.05, 3.63) is 57.3 Å². The first-order valence-electron chi connectivity index (χ1n) is 6.99. The summed E-state index contributed by atoms with van der Waals surface area (Å²) in [5.74, 6) is -0.221. The van der Waals surface area contributed by atoms with Gasteiger partial charge in [-0.15, -0.1) is 11.8 Å². The molecule has 0 saturated carbocycles. The molecule has 0 saturated heterocycles. The van der Waals surface area contributed by atoms with Gasteiger partial charge in [-0.3, -0.25) is 4.79 Å². The Morgan fingerprint density at radius 3 is 2.74 bits per heavy atom. The molecule has 3 rings (SSSR count). The maximum Gasteiger partial charge on any atom is 0.280 e. The van der Waals surface area contributed by atoms with Crippen LogP contribution >= 0.6 is 34.7 Å². The monoisotopic (exact) mass is 362 g/mol. The van der Waals surface area contributed by atoms with Gasteiger partial charge in [-0.25, -0.2) is 0 Å². The topological polar surface area (TPSA) is 34.4 Å². The van der Waals surface area contributed by atoms with E-state index >= 15 is 0 Å². The minimum atomic E-state index is -0.221. The van der Waals surface area contributed by atoms with Gasteiger partial charge in [0, 0.05) is 17.0 Å². The lowest BCUT2D eigenvalue weighted by molar-refractivity contribution is 0.0995. The lowest BCUT2D eigenvalue weighted by atomic mass is 10.2. The molecular weight excluding hydrogens is 348 g/mol. The van der Waals surface area contributed by atoms with E-state index in [4.69, 9.17) is 11.6 Å². The Balaban J connectivity index is 2.17. The van der Waals surface area contributed by atoms with Gasteiger partial charge in [0.1, 0.15) is 0 Å². The number of benzene rings is 2. The van der Waals surface area contributed by atoms with Crippen LogP contribution in [0, 0.1) is 6.92 Å². The van der Waals surface area contributed by atoms with Gasteiger partial charge in [0.05, 0.1) is 15.8 Å². The van der Waals surface area contributed by atoms with Gasteiger partial charge in [-0.1, -0.05) is 35.1 Å². The SMILES string of the molecule is CSc1ccccc1C(=O)N=c1sc2ccc(Cl)c(C)c2n1C. The molecule has 0 N–H and O–H groups in total. The third-order valence-electron chi connectivity index (χ3n) is 3.69. The van der Waals surface area contributed by atoms with Crippen molar-refractivity contribution >= 4 is 50.8 Å². The molecule has 0 bridgehead atoms. The molecule has 0 atom stereocenters. The van der Waals surface area contributed by atoms with E-state index in [1.807, 2.05) is 61.2 Å². The molecule has 0 fully saturated rings. The number of aryl methyl sites for hydroxylation is 2. The van der Waals surface area contributed by atoms with Crippen LogP contribution in [0.25, 0.3) is 10.2 Å². The van der Waals surface area contributed by atoms with Crippen molar-refractivity contribution in [1.29, 1.82) is 0 Å². The summed E-state index contributed by atoms with van der Waals surface area (Å²) in [6.45, 7) is 1.98. The van der Waals surface area contributed by atoms with Crippen molar-refractivity contribution in [2.24, 2.45) is 12.0 Å². The van der Waals surface area contributed by atoms with Crippen molar-refractivity contribution in [3.8, 4) is 0 Å². The zero-order valence-electron chi connectivity index (χ0n) is 13.0. The Hall–Kier alpha value is -1.56. The van der Waals surface area contributed by atoms with Crippen LogP contribution in [0.15, 0.2) is 46.3 Å². The van der Waals surface area contributed by atoms with Crippen molar-refractivity contribution in [2.75, 3.05) is 6.26 Å². The van der Waals surface area contributed by atoms with E-state index in [1.54, 1.807) is 11.8 Å². The van der Waals surface area contributed by atoms with Gasteiger partial charge in [-0.2, -0.15) is 4.99 Å². The van der Waals surface area contributed by atoms with Crippen LogP contribution in [-0.4, -0.2) is 16.7 Å². The van der Waals surface area contributed by atoms with Crippen molar-refractivity contribution < 1.29 is 4.79 Å². The van der Waals surface area contributed by atoms with E-state index < -0.39 is 0 Å².